The van der Waals surface area contributed by atoms with Gasteiger partial charge in [-0.05, 0) is 0 Å². The first-order chi connectivity index (χ1) is 6.95. The second kappa shape index (κ2) is 4.88. The normalized spacial score (nSPS) is 21.9. The molecule has 0 amide bonds. The van der Waals surface area contributed by atoms with Gasteiger partial charge in [-0.25, -0.2) is 9.97 Å². The molecule has 1 aromatic rings. The lowest BCUT2D eigenvalue weighted by Crippen LogP contribution is -2.41. The van der Waals surface area contributed by atoms with E-state index in [2.05, 4.69) is 15.3 Å². The monoisotopic (exact) mass is 195 g/mol. The molecule has 1 saturated heterocycles. The highest BCUT2D eigenvalue weighted by Gasteiger charge is 2.13. The SMILES string of the molecule is c1cc(OCC2CNCCO2)ncn1. The van der Waals surface area contributed by atoms with Gasteiger partial charge in [-0.3, -0.25) is 0 Å². The average molecular weight is 195 g/mol. The molecule has 76 valence electrons. The lowest BCUT2D eigenvalue weighted by atomic mass is 10.3. The second-order valence-corrected chi connectivity index (χ2v) is 3.06. The largest absolute Gasteiger partial charge is 0.475 e. The standard InChI is InChI=1S/C9H13N3O2/c1-2-11-7-12-9(1)14-6-8-5-10-3-4-13-8/h1-2,7-8,10H,3-6H2. The van der Waals surface area contributed by atoms with Crippen molar-refractivity contribution in [1.82, 2.24) is 15.3 Å². The van der Waals surface area contributed by atoms with E-state index in [1.165, 1.54) is 6.33 Å². The molecule has 1 N–H and O–H groups in total. The van der Waals surface area contributed by atoms with Crippen LogP contribution in [0.4, 0.5) is 0 Å². The lowest BCUT2D eigenvalue weighted by molar-refractivity contribution is -0.000770. The van der Waals surface area contributed by atoms with Crippen molar-refractivity contribution in [3.8, 4) is 5.88 Å². The summed E-state index contributed by atoms with van der Waals surface area (Å²) in [5.41, 5.74) is 0. The maximum Gasteiger partial charge on any atom is 0.216 e. The molecule has 1 unspecified atom stereocenters. The topological polar surface area (TPSA) is 56.3 Å². The quantitative estimate of drug-likeness (QED) is 0.726. The van der Waals surface area contributed by atoms with Crippen LogP contribution in [0.1, 0.15) is 0 Å². The van der Waals surface area contributed by atoms with Crippen LogP contribution in [0.5, 0.6) is 5.88 Å². The fourth-order valence-electron chi connectivity index (χ4n) is 1.27. The summed E-state index contributed by atoms with van der Waals surface area (Å²) in [4.78, 5) is 7.76. The van der Waals surface area contributed by atoms with E-state index in [-0.39, 0.29) is 6.10 Å². The van der Waals surface area contributed by atoms with Gasteiger partial charge in [0.2, 0.25) is 5.88 Å². The van der Waals surface area contributed by atoms with Gasteiger partial charge in [-0.15, -0.1) is 0 Å². The van der Waals surface area contributed by atoms with E-state index in [4.69, 9.17) is 9.47 Å². The van der Waals surface area contributed by atoms with E-state index >= 15 is 0 Å². The van der Waals surface area contributed by atoms with Gasteiger partial charge >= 0.3 is 0 Å². The van der Waals surface area contributed by atoms with Crippen LogP contribution in [0.25, 0.3) is 0 Å². The number of nitrogens with zero attached hydrogens (tertiary/aromatic N) is 2. The minimum Gasteiger partial charge on any atom is -0.475 e. The van der Waals surface area contributed by atoms with Gasteiger partial charge in [0.1, 0.15) is 19.0 Å². The number of nitrogens with one attached hydrogen (secondary N) is 1. The van der Waals surface area contributed by atoms with E-state index in [0.29, 0.717) is 12.5 Å². The predicted molar refractivity (Wildman–Crippen MR) is 50.1 cm³/mol. The van der Waals surface area contributed by atoms with E-state index in [0.717, 1.165) is 19.7 Å². The molecule has 2 heterocycles. The summed E-state index contributed by atoms with van der Waals surface area (Å²) >= 11 is 0. The van der Waals surface area contributed by atoms with Crippen LogP contribution in [0.2, 0.25) is 0 Å². The fourth-order valence-corrected chi connectivity index (χ4v) is 1.27. The molecule has 1 atom stereocenters. The molecule has 0 aliphatic carbocycles. The molecule has 0 aromatic carbocycles. The molecule has 1 aliphatic rings. The third kappa shape index (κ3) is 2.65. The molecule has 14 heavy (non-hydrogen) atoms. The smallest absolute Gasteiger partial charge is 0.216 e. The minimum absolute atomic E-state index is 0.124. The van der Waals surface area contributed by atoms with E-state index < -0.39 is 0 Å². The van der Waals surface area contributed by atoms with Crippen LogP contribution < -0.4 is 10.1 Å². The van der Waals surface area contributed by atoms with Gasteiger partial charge in [-0.2, -0.15) is 0 Å². The van der Waals surface area contributed by atoms with Crippen molar-refractivity contribution >= 4 is 0 Å². The van der Waals surface area contributed by atoms with Crippen LogP contribution in [0, 0.1) is 0 Å². The second-order valence-electron chi connectivity index (χ2n) is 3.06. The molecule has 2 rings (SSSR count). The first kappa shape index (κ1) is 9.36. The van der Waals surface area contributed by atoms with E-state index in [9.17, 15) is 0 Å². The van der Waals surface area contributed by atoms with Crippen molar-refractivity contribution in [3.63, 3.8) is 0 Å². The number of ether oxygens (including phenoxy) is 2. The summed E-state index contributed by atoms with van der Waals surface area (Å²) in [5, 5.41) is 3.23. The number of rotatable bonds is 3. The Kier molecular flexibility index (Phi) is 3.26. The highest BCUT2D eigenvalue weighted by molar-refractivity contribution is 5.04. The number of aromatic nitrogens is 2. The van der Waals surface area contributed by atoms with Gasteiger partial charge in [0.15, 0.2) is 0 Å². The van der Waals surface area contributed by atoms with Crippen molar-refractivity contribution in [2.75, 3.05) is 26.3 Å². The zero-order valence-corrected chi connectivity index (χ0v) is 7.85. The molecule has 0 radical (unpaired) electrons. The zero-order valence-electron chi connectivity index (χ0n) is 7.85. The van der Waals surface area contributed by atoms with Crippen molar-refractivity contribution < 1.29 is 9.47 Å². The first-order valence-electron chi connectivity index (χ1n) is 4.66. The molecule has 5 nitrogen and oxygen atoms in total. The Hall–Kier alpha value is -1.20. The molecular formula is C9H13N3O2. The van der Waals surface area contributed by atoms with E-state index in [1.807, 2.05) is 0 Å². The lowest BCUT2D eigenvalue weighted by Gasteiger charge is -2.23. The summed E-state index contributed by atoms with van der Waals surface area (Å²) in [7, 11) is 0. The van der Waals surface area contributed by atoms with Gasteiger partial charge in [0.25, 0.3) is 0 Å². The Balaban J connectivity index is 1.76. The van der Waals surface area contributed by atoms with E-state index in [1.54, 1.807) is 12.3 Å². The summed E-state index contributed by atoms with van der Waals surface area (Å²) in [6.07, 6.45) is 3.25. The predicted octanol–water partition coefficient (Wildman–Crippen LogP) is -0.156. The highest BCUT2D eigenvalue weighted by atomic mass is 16.5. The van der Waals surface area contributed by atoms with Crippen LogP contribution in [-0.2, 0) is 4.74 Å². The Morgan fingerprint density at radius 1 is 1.64 bits per heavy atom. The third-order valence-corrected chi connectivity index (χ3v) is 1.98. The van der Waals surface area contributed by atoms with Gasteiger partial charge in [0, 0.05) is 25.4 Å². The number of hydrogen-bond donors (Lipinski definition) is 1. The van der Waals surface area contributed by atoms with Crippen LogP contribution in [0.15, 0.2) is 18.6 Å². The summed E-state index contributed by atoms with van der Waals surface area (Å²) in [6, 6.07) is 1.73. The summed E-state index contributed by atoms with van der Waals surface area (Å²) in [6.45, 7) is 3.04. The molecule has 0 spiro atoms. The Bertz CT molecular complexity index is 262. The van der Waals surface area contributed by atoms with Gasteiger partial charge in [-0.1, -0.05) is 0 Å². The Morgan fingerprint density at radius 3 is 3.36 bits per heavy atom. The molecule has 5 heteroatoms. The van der Waals surface area contributed by atoms with Gasteiger partial charge in [0.05, 0.1) is 6.61 Å². The highest BCUT2D eigenvalue weighted by Crippen LogP contribution is 2.04. The Labute approximate surface area is 82.5 Å². The van der Waals surface area contributed by atoms with Crippen molar-refractivity contribution in [3.05, 3.63) is 18.6 Å². The van der Waals surface area contributed by atoms with Crippen LogP contribution >= 0.6 is 0 Å². The molecule has 1 aromatic heterocycles. The van der Waals surface area contributed by atoms with Crippen LogP contribution in [-0.4, -0.2) is 42.4 Å². The maximum atomic E-state index is 5.47. The molecular weight excluding hydrogens is 182 g/mol. The molecule has 0 saturated carbocycles. The van der Waals surface area contributed by atoms with Crippen molar-refractivity contribution in [2.24, 2.45) is 0 Å². The zero-order chi connectivity index (χ0) is 9.64. The average Bonchev–Trinajstić information content (AvgIpc) is 2.29. The summed E-state index contributed by atoms with van der Waals surface area (Å²) < 4.78 is 10.9. The Morgan fingerprint density at radius 2 is 2.64 bits per heavy atom. The minimum atomic E-state index is 0.124. The van der Waals surface area contributed by atoms with Gasteiger partial charge < -0.3 is 14.8 Å². The first-order valence-corrected chi connectivity index (χ1v) is 4.66. The van der Waals surface area contributed by atoms with Crippen LogP contribution in [0.3, 0.4) is 0 Å². The number of hydrogen-bond acceptors (Lipinski definition) is 5. The maximum absolute atomic E-state index is 5.47. The van der Waals surface area contributed by atoms with Crippen molar-refractivity contribution in [1.29, 1.82) is 0 Å². The number of morpholine rings is 1. The summed E-state index contributed by atoms with van der Waals surface area (Å²) in [5.74, 6) is 0.592. The third-order valence-electron chi connectivity index (χ3n) is 1.98. The molecule has 1 fully saturated rings. The molecule has 1 aliphatic heterocycles. The van der Waals surface area contributed by atoms with Crippen molar-refractivity contribution in [2.45, 2.75) is 6.10 Å². The fraction of sp³-hybridized carbons (Fsp3) is 0.556. The molecule has 0 bridgehead atoms.